The molecular formula is C24H29F3O2. The molecule has 2 nitrogen and oxygen atoms in total. The quantitative estimate of drug-likeness (QED) is 0.418. The highest BCUT2D eigenvalue weighted by Gasteiger charge is 2.54. The number of rotatable bonds is 5. The smallest absolute Gasteiger partial charge is 0.409 e. The van der Waals surface area contributed by atoms with Crippen LogP contribution in [0, 0.1) is 17.3 Å². The van der Waals surface area contributed by atoms with Crippen LogP contribution in [0.25, 0.3) is 0 Å². The van der Waals surface area contributed by atoms with Crippen LogP contribution in [0.1, 0.15) is 68.9 Å². The Bertz CT molecular complexity index is 798. The Morgan fingerprint density at radius 1 is 1.21 bits per heavy atom. The highest BCUT2D eigenvalue weighted by molar-refractivity contribution is 5.87. The van der Waals surface area contributed by atoms with E-state index in [0.29, 0.717) is 43.0 Å². The lowest BCUT2D eigenvalue weighted by atomic mass is 9.55. The molecule has 158 valence electrons. The number of ketones is 1. The average Bonchev–Trinajstić information content (AvgIpc) is 2.98. The zero-order chi connectivity index (χ0) is 20.6. The lowest BCUT2D eigenvalue weighted by Gasteiger charge is -2.48. The summed E-state index contributed by atoms with van der Waals surface area (Å²) >= 11 is 0. The number of carbonyl (C=O) groups is 1. The molecule has 4 atom stereocenters. The molecule has 29 heavy (non-hydrogen) atoms. The summed E-state index contributed by atoms with van der Waals surface area (Å²) in [7, 11) is 0. The van der Waals surface area contributed by atoms with Crippen molar-refractivity contribution in [1.29, 1.82) is 0 Å². The summed E-state index contributed by atoms with van der Waals surface area (Å²) < 4.78 is 42.0. The van der Waals surface area contributed by atoms with Gasteiger partial charge in [0.05, 0.1) is 6.61 Å². The van der Waals surface area contributed by atoms with Crippen molar-refractivity contribution in [2.45, 2.75) is 70.4 Å². The van der Waals surface area contributed by atoms with Crippen molar-refractivity contribution in [1.82, 2.24) is 0 Å². The van der Waals surface area contributed by atoms with Crippen LogP contribution < -0.4 is 4.74 Å². The molecule has 2 fully saturated rings. The highest BCUT2D eigenvalue weighted by Crippen LogP contribution is 2.59. The Morgan fingerprint density at radius 3 is 2.83 bits per heavy atom. The van der Waals surface area contributed by atoms with Gasteiger partial charge in [-0.25, -0.2) is 0 Å². The monoisotopic (exact) mass is 406 g/mol. The van der Waals surface area contributed by atoms with E-state index in [-0.39, 0.29) is 11.5 Å². The van der Waals surface area contributed by atoms with Gasteiger partial charge in [0.15, 0.2) is 0 Å². The highest BCUT2D eigenvalue weighted by atomic mass is 19.4. The summed E-state index contributed by atoms with van der Waals surface area (Å²) in [5.74, 6) is 2.96. The Hall–Kier alpha value is -1.78. The molecule has 1 aromatic rings. The second-order valence-electron chi connectivity index (χ2n) is 9.13. The number of alkyl halides is 3. The van der Waals surface area contributed by atoms with Gasteiger partial charge < -0.3 is 4.74 Å². The molecule has 0 aromatic heterocycles. The minimum Gasteiger partial charge on any atom is -0.494 e. The third kappa shape index (κ3) is 4.10. The summed E-state index contributed by atoms with van der Waals surface area (Å²) in [4.78, 5) is 12.4. The Balaban J connectivity index is 1.36. The average molecular weight is 406 g/mol. The first-order chi connectivity index (χ1) is 13.8. The fourth-order valence-electron chi connectivity index (χ4n) is 6.03. The Morgan fingerprint density at radius 2 is 2.03 bits per heavy atom. The lowest BCUT2D eigenvalue weighted by molar-refractivity contribution is -0.129. The van der Waals surface area contributed by atoms with Crippen LogP contribution in [-0.4, -0.2) is 18.6 Å². The molecule has 1 aromatic carbocycles. The molecule has 0 spiro atoms. The van der Waals surface area contributed by atoms with Crippen LogP contribution in [0.3, 0.4) is 0 Å². The largest absolute Gasteiger partial charge is 0.494 e. The SMILES string of the molecule is C[C@]12CC[C@@H]3c4ccc(OCCC/C=C/C(F)(F)F)cc4CC[C@H]3[C@@H]1CCC2=O. The second kappa shape index (κ2) is 7.81. The first-order valence-corrected chi connectivity index (χ1v) is 10.8. The van der Waals surface area contributed by atoms with Crippen LogP contribution in [0.5, 0.6) is 5.75 Å². The van der Waals surface area contributed by atoms with Gasteiger partial charge in [-0.2, -0.15) is 13.2 Å². The van der Waals surface area contributed by atoms with Gasteiger partial charge in [-0.3, -0.25) is 4.79 Å². The number of carbonyl (C=O) groups excluding carboxylic acids is 1. The standard InChI is InChI=1S/C24H29F3O2/c1-23-13-11-19-18-8-6-17(29-14-4-2-3-12-24(25,26)27)15-16(18)5-7-20(19)21(23)9-10-22(23)28/h3,6,8,12,15,19-21H,2,4-5,7,9-11,13-14H2,1H3/b12-3+/t19-,20-,21+,23+/m1/s1. The number of ether oxygens (including phenoxy) is 1. The molecule has 3 aliphatic rings. The van der Waals surface area contributed by atoms with Gasteiger partial charge in [-0.1, -0.05) is 19.1 Å². The van der Waals surface area contributed by atoms with Crippen LogP contribution in [0.15, 0.2) is 30.4 Å². The summed E-state index contributed by atoms with van der Waals surface area (Å²) in [5.41, 5.74) is 2.67. The number of halogens is 3. The number of unbranched alkanes of at least 4 members (excludes halogenated alkanes) is 1. The predicted molar refractivity (Wildman–Crippen MR) is 106 cm³/mol. The maximum absolute atomic E-state index is 12.4. The van der Waals surface area contributed by atoms with Gasteiger partial charge in [0.25, 0.3) is 0 Å². The van der Waals surface area contributed by atoms with Crippen molar-refractivity contribution < 1.29 is 22.7 Å². The van der Waals surface area contributed by atoms with Gasteiger partial charge in [0, 0.05) is 17.9 Å². The van der Waals surface area contributed by atoms with Crippen LogP contribution in [0.2, 0.25) is 0 Å². The molecule has 0 aliphatic heterocycles. The number of hydrogen-bond acceptors (Lipinski definition) is 2. The van der Waals surface area contributed by atoms with Crippen molar-refractivity contribution in [3.63, 3.8) is 0 Å². The molecule has 0 radical (unpaired) electrons. The molecule has 2 saturated carbocycles. The molecule has 0 bridgehead atoms. The van der Waals surface area contributed by atoms with E-state index < -0.39 is 6.18 Å². The molecule has 0 unspecified atom stereocenters. The lowest BCUT2D eigenvalue weighted by Crippen LogP contribution is -2.42. The van der Waals surface area contributed by atoms with E-state index in [0.717, 1.165) is 50.4 Å². The first kappa shape index (κ1) is 20.5. The van der Waals surface area contributed by atoms with E-state index in [2.05, 4.69) is 19.1 Å². The third-order valence-electron chi connectivity index (χ3n) is 7.50. The van der Waals surface area contributed by atoms with Crippen LogP contribution in [-0.2, 0) is 11.2 Å². The van der Waals surface area contributed by atoms with E-state index in [1.807, 2.05) is 6.07 Å². The van der Waals surface area contributed by atoms with Gasteiger partial charge in [0.1, 0.15) is 11.5 Å². The molecule has 3 aliphatic carbocycles. The maximum atomic E-state index is 12.4. The zero-order valence-electron chi connectivity index (χ0n) is 16.9. The first-order valence-electron chi connectivity index (χ1n) is 10.8. The van der Waals surface area contributed by atoms with Gasteiger partial charge in [0.2, 0.25) is 0 Å². The van der Waals surface area contributed by atoms with Crippen molar-refractivity contribution in [2.24, 2.45) is 17.3 Å². The van der Waals surface area contributed by atoms with E-state index in [4.69, 9.17) is 4.74 Å². The number of hydrogen-bond donors (Lipinski definition) is 0. The van der Waals surface area contributed by atoms with E-state index in [1.165, 1.54) is 11.1 Å². The van der Waals surface area contributed by atoms with Crippen molar-refractivity contribution in [3.8, 4) is 5.75 Å². The van der Waals surface area contributed by atoms with Crippen molar-refractivity contribution in [2.75, 3.05) is 6.61 Å². The fraction of sp³-hybridized carbons (Fsp3) is 0.625. The summed E-state index contributed by atoms with van der Waals surface area (Å²) in [6.07, 6.45) is 4.16. The normalized spacial score (nSPS) is 31.4. The summed E-state index contributed by atoms with van der Waals surface area (Å²) in [5, 5.41) is 0. The number of aryl methyl sites for hydroxylation is 1. The molecule has 0 amide bonds. The van der Waals surface area contributed by atoms with Gasteiger partial charge in [-0.15, -0.1) is 0 Å². The third-order valence-corrected chi connectivity index (χ3v) is 7.50. The summed E-state index contributed by atoms with van der Waals surface area (Å²) in [6.45, 7) is 2.61. The fourth-order valence-corrected chi connectivity index (χ4v) is 6.03. The number of benzene rings is 1. The minimum atomic E-state index is -4.24. The predicted octanol–water partition coefficient (Wildman–Crippen LogP) is 6.39. The van der Waals surface area contributed by atoms with Crippen molar-refractivity contribution in [3.05, 3.63) is 41.5 Å². The molecular weight excluding hydrogens is 377 g/mol. The van der Waals surface area contributed by atoms with E-state index >= 15 is 0 Å². The summed E-state index contributed by atoms with van der Waals surface area (Å²) in [6, 6.07) is 6.30. The molecule has 5 heteroatoms. The van der Waals surface area contributed by atoms with Crippen LogP contribution in [0.4, 0.5) is 13.2 Å². The Labute approximate surface area is 170 Å². The molecule has 0 saturated heterocycles. The van der Waals surface area contributed by atoms with E-state index in [9.17, 15) is 18.0 Å². The number of allylic oxidation sites excluding steroid dienone is 2. The maximum Gasteiger partial charge on any atom is 0.409 e. The number of Topliss-reactive ketones (excluding diaryl/α,β-unsaturated/α-hetero) is 1. The van der Waals surface area contributed by atoms with Crippen molar-refractivity contribution >= 4 is 5.78 Å². The Kier molecular flexibility index (Phi) is 5.52. The number of fused-ring (bicyclic) bond motifs is 5. The molecule has 0 N–H and O–H groups in total. The minimum absolute atomic E-state index is 0.0950. The van der Waals surface area contributed by atoms with Gasteiger partial charge in [-0.05, 0) is 86.0 Å². The molecule has 0 heterocycles. The molecule has 4 rings (SSSR count). The zero-order valence-corrected chi connectivity index (χ0v) is 16.9. The van der Waals surface area contributed by atoms with Crippen LogP contribution >= 0.6 is 0 Å². The topological polar surface area (TPSA) is 26.3 Å². The van der Waals surface area contributed by atoms with Gasteiger partial charge >= 0.3 is 6.18 Å². The van der Waals surface area contributed by atoms with E-state index in [1.54, 1.807) is 0 Å². The second-order valence-corrected chi connectivity index (χ2v) is 9.13.